The highest BCUT2D eigenvalue weighted by atomic mass is 32.1. The van der Waals surface area contributed by atoms with Crippen LogP contribution in [0.25, 0.3) is 0 Å². The largest absolute Gasteiger partial charge is 0.271 e. The summed E-state index contributed by atoms with van der Waals surface area (Å²) in [6, 6.07) is 6.95. The lowest BCUT2D eigenvalue weighted by Gasteiger charge is -2.16. The van der Waals surface area contributed by atoms with Gasteiger partial charge in [-0.25, -0.2) is 14.2 Å². The highest BCUT2D eigenvalue weighted by molar-refractivity contribution is 7.12. The van der Waals surface area contributed by atoms with Crippen LogP contribution in [0.1, 0.15) is 28.3 Å². The maximum atomic E-state index is 13.7. The van der Waals surface area contributed by atoms with Crippen LogP contribution in [0.2, 0.25) is 0 Å². The van der Waals surface area contributed by atoms with Crippen molar-refractivity contribution in [2.75, 3.05) is 0 Å². The minimum atomic E-state index is -0.656. The highest BCUT2D eigenvalue weighted by Gasteiger charge is 2.22. The summed E-state index contributed by atoms with van der Waals surface area (Å²) >= 11 is 1.50. The van der Waals surface area contributed by atoms with E-state index in [9.17, 15) is 8.78 Å². The summed E-state index contributed by atoms with van der Waals surface area (Å²) < 4.78 is 27.5. The summed E-state index contributed by atoms with van der Waals surface area (Å²) in [5.74, 6) is 4.26. The standard InChI is InChI=1S/C13H14F2N2S/c1-2-8-6-7-11(18-8)13(17-16)12-9(14)4-3-5-10(12)15/h3-7,13,17H,2,16H2,1H3. The molecule has 1 aromatic carbocycles. The molecule has 1 heterocycles. The molecule has 0 aliphatic carbocycles. The van der Waals surface area contributed by atoms with E-state index in [2.05, 4.69) is 5.43 Å². The number of hydrogen-bond donors (Lipinski definition) is 2. The number of thiophene rings is 1. The molecule has 1 atom stereocenters. The van der Waals surface area contributed by atoms with Crippen LogP contribution >= 0.6 is 11.3 Å². The Morgan fingerprint density at radius 2 is 1.89 bits per heavy atom. The normalized spacial score (nSPS) is 12.7. The summed E-state index contributed by atoms with van der Waals surface area (Å²) in [7, 11) is 0. The fourth-order valence-corrected chi connectivity index (χ4v) is 2.86. The molecule has 0 amide bonds. The fourth-order valence-electron chi connectivity index (χ4n) is 1.83. The van der Waals surface area contributed by atoms with Crippen LogP contribution in [0.5, 0.6) is 0 Å². The molecular weight excluding hydrogens is 254 g/mol. The average molecular weight is 268 g/mol. The lowest BCUT2D eigenvalue weighted by atomic mass is 10.0. The van der Waals surface area contributed by atoms with Crippen LogP contribution in [0.15, 0.2) is 30.3 Å². The third-order valence-electron chi connectivity index (χ3n) is 2.77. The maximum absolute atomic E-state index is 13.7. The zero-order valence-corrected chi connectivity index (χ0v) is 10.7. The molecule has 0 bridgehead atoms. The van der Waals surface area contributed by atoms with Crippen LogP contribution in [-0.2, 0) is 6.42 Å². The van der Waals surface area contributed by atoms with E-state index in [4.69, 9.17) is 5.84 Å². The monoisotopic (exact) mass is 268 g/mol. The molecule has 3 N–H and O–H groups in total. The summed E-state index contributed by atoms with van der Waals surface area (Å²) in [6.07, 6.45) is 0.891. The van der Waals surface area contributed by atoms with Crippen molar-refractivity contribution in [1.29, 1.82) is 0 Å². The third kappa shape index (κ3) is 2.43. The first-order valence-electron chi connectivity index (χ1n) is 5.66. The van der Waals surface area contributed by atoms with Gasteiger partial charge in [0.1, 0.15) is 11.6 Å². The van der Waals surface area contributed by atoms with Gasteiger partial charge in [-0.2, -0.15) is 0 Å². The summed E-state index contributed by atoms with van der Waals surface area (Å²) in [6.45, 7) is 2.03. The van der Waals surface area contributed by atoms with Gasteiger partial charge in [0.15, 0.2) is 0 Å². The number of aryl methyl sites for hydroxylation is 1. The van der Waals surface area contributed by atoms with E-state index in [1.54, 1.807) is 0 Å². The van der Waals surface area contributed by atoms with Gasteiger partial charge in [-0.15, -0.1) is 11.3 Å². The first-order chi connectivity index (χ1) is 8.67. The number of nitrogens with two attached hydrogens (primary N) is 1. The number of hydrazine groups is 1. The molecular formula is C13H14F2N2S. The number of halogens is 2. The van der Waals surface area contributed by atoms with E-state index in [0.717, 1.165) is 16.2 Å². The Balaban J connectivity index is 2.45. The van der Waals surface area contributed by atoms with Gasteiger partial charge < -0.3 is 0 Å². The summed E-state index contributed by atoms with van der Waals surface area (Å²) in [5.41, 5.74) is 2.45. The zero-order chi connectivity index (χ0) is 13.1. The molecule has 2 aromatic rings. The number of rotatable bonds is 4. The quantitative estimate of drug-likeness (QED) is 0.660. The van der Waals surface area contributed by atoms with Crippen LogP contribution in [-0.4, -0.2) is 0 Å². The lowest BCUT2D eigenvalue weighted by molar-refractivity contribution is 0.513. The molecule has 1 unspecified atom stereocenters. The highest BCUT2D eigenvalue weighted by Crippen LogP contribution is 2.31. The van der Waals surface area contributed by atoms with Crippen molar-refractivity contribution in [2.45, 2.75) is 19.4 Å². The summed E-state index contributed by atoms with van der Waals surface area (Å²) in [4.78, 5) is 1.96. The van der Waals surface area contributed by atoms with Gasteiger partial charge in [-0.05, 0) is 30.7 Å². The number of hydrogen-bond acceptors (Lipinski definition) is 3. The molecule has 2 rings (SSSR count). The van der Waals surface area contributed by atoms with Crippen LogP contribution in [0.3, 0.4) is 0 Å². The van der Waals surface area contributed by atoms with Crippen molar-refractivity contribution in [3.05, 3.63) is 57.3 Å². The zero-order valence-electron chi connectivity index (χ0n) is 9.91. The van der Waals surface area contributed by atoms with E-state index in [0.29, 0.717) is 0 Å². The molecule has 96 valence electrons. The molecule has 1 aromatic heterocycles. The smallest absolute Gasteiger partial charge is 0.131 e. The predicted octanol–water partition coefficient (Wildman–Crippen LogP) is 3.14. The van der Waals surface area contributed by atoms with Crippen LogP contribution in [0.4, 0.5) is 8.78 Å². The van der Waals surface area contributed by atoms with Crippen molar-refractivity contribution >= 4 is 11.3 Å². The van der Waals surface area contributed by atoms with Gasteiger partial charge in [0, 0.05) is 15.3 Å². The molecule has 0 saturated carbocycles. The van der Waals surface area contributed by atoms with Gasteiger partial charge in [-0.1, -0.05) is 13.0 Å². The first-order valence-corrected chi connectivity index (χ1v) is 6.47. The molecule has 5 heteroatoms. The Morgan fingerprint density at radius 3 is 2.39 bits per heavy atom. The average Bonchev–Trinajstić information content (AvgIpc) is 2.82. The first kappa shape index (κ1) is 13.1. The molecule has 0 spiro atoms. The Morgan fingerprint density at radius 1 is 1.22 bits per heavy atom. The minimum absolute atomic E-state index is 0.0375. The molecule has 0 radical (unpaired) electrons. The Kier molecular flexibility index (Phi) is 4.06. The van der Waals surface area contributed by atoms with Crippen molar-refractivity contribution < 1.29 is 8.78 Å². The number of benzene rings is 1. The van der Waals surface area contributed by atoms with Crippen LogP contribution < -0.4 is 11.3 Å². The van der Waals surface area contributed by atoms with Gasteiger partial charge in [-0.3, -0.25) is 5.84 Å². The minimum Gasteiger partial charge on any atom is -0.271 e. The second-order valence-corrected chi connectivity index (χ2v) is 5.09. The lowest BCUT2D eigenvalue weighted by Crippen LogP contribution is -2.29. The summed E-state index contributed by atoms with van der Waals surface area (Å²) in [5, 5.41) is 0. The van der Waals surface area contributed by atoms with E-state index in [1.165, 1.54) is 29.5 Å². The van der Waals surface area contributed by atoms with Crippen molar-refractivity contribution in [3.8, 4) is 0 Å². The Bertz CT molecular complexity index is 519. The Hall–Kier alpha value is -1.30. The Labute approximate surface area is 108 Å². The van der Waals surface area contributed by atoms with Gasteiger partial charge in [0.25, 0.3) is 0 Å². The van der Waals surface area contributed by atoms with Gasteiger partial charge in [0.2, 0.25) is 0 Å². The third-order valence-corrected chi connectivity index (χ3v) is 4.06. The SMILES string of the molecule is CCc1ccc(C(NN)c2c(F)cccc2F)s1. The van der Waals surface area contributed by atoms with E-state index >= 15 is 0 Å². The molecule has 18 heavy (non-hydrogen) atoms. The second kappa shape index (κ2) is 5.56. The van der Waals surface area contributed by atoms with Crippen LogP contribution in [0, 0.1) is 11.6 Å². The molecule has 0 fully saturated rings. The van der Waals surface area contributed by atoms with Crippen molar-refractivity contribution in [3.63, 3.8) is 0 Å². The second-order valence-electron chi connectivity index (χ2n) is 3.89. The maximum Gasteiger partial charge on any atom is 0.131 e. The van der Waals surface area contributed by atoms with E-state index in [-0.39, 0.29) is 5.56 Å². The molecule has 0 aliphatic rings. The molecule has 0 aliphatic heterocycles. The fraction of sp³-hybridized carbons (Fsp3) is 0.231. The van der Waals surface area contributed by atoms with E-state index < -0.39 is 17.7 Å². The van der Waals surface area contributed by atoms with Gasteiger partial charge >= 0.3 is 0 Å². The molecule has 2 nitrogen and oxygen atoms in total. The molecule has 0 saturated heterocycles. The predicted molar refractivity (Wildman–Crippen MR) is 69.2 cm³/mol. The van der Waals surface area contributed by atoms with E-state index in [1.807, 2.05) is 19.1 Å². The van der Waals surface area contributed by atoms with Crippen molar-refractivity contribution in [2.24, 2.45) is 5.84 Å². The topological polar surface area (TPSA) is 38.0 Å². The van der Waals surface area contributed by atoms with Gasteiger partial charge in [0.05, 0.1) is 6.04 Å². The van der Waals surface area contributed by atoms with Crippen molar-refractivity contribution in [1.82, 2.24) is 5.43 Å². The number of nitrogens with one attached hydrogen (secondary N) is 1.